The molecule has 0 spiro atoms. The van der Waals surface area contributed by atoms with Crippen molar-refractivity contribution in [3.8, 4) is 5.95 Å². The van der Waals surface area contributed by atoms with Gasteiger partial charge in [0.05, 0.1) is 10.9 Å². The number of H-pyrrole nitrogens is 1. The Morgan fingerprint density at radius 2 is 2.00 bits per heavy atom. The van der Waals surface area contributed by atoms with Crippen LogP contribution in [0.25, 0.3) is 16.9 Å². The Bertz CT molecular complexity index is 920. The number of carboxylic acid groups (broad SMARTS) is 1. The second kappa shape index (κ2) is 4.44. The summed E-state index contributed by atoms with van der Waals surface area (Å²) in [4.78, 5) is 23.1. The maximum absolute atomic E-state index is 13.4. The lowest BCUT2D eigenvalue weighted by Gasteiger charge is -2.09. The van der Waals surface area contributed by atoms with Crippen LogP contribution in [0.1, 0.15) is 10.4 Å². The monoisotopic (exact) mass is 293 g/mol. The quantitative estimate of drug-likeness (QED) is 0.710. The van der Waals surface area contributed by atoms with Crippen molar-refractivity contribution in [1.82, 2.24) is 25.2 Å². The number of pyridine rings is 1. The highest BCUT2D eigenvalue weighted by molar-refractivity contribution is 5.93. The number of aromatic nitrogens is 5. The number of nitrogens with one attached hydrogen (secondary N) is 1. The molecule has 0 aliphatic heterocycles. The summed E-state index contributed by atoms with van der Waals surface area (Å²) >= 11 is 0. The van der Waals surface area contributed by atoms with Crippen LogP contribution in [-0.2, 0) is 0 Å². The fourth-order valence-corrected chi connectivity index (χ4v) is 1.90. The molecule has 8 nitrogen and oxygen atoms in total. The van der Waals surface area contributed by atoms with Crippen molar-refractivity contribution in [2.75, 3.05) is 0 Å². The third-order valence-electron chi connectivity index (χ3n) is 2.84. The van der Waals surface area contributed by atoms with Crippen LogP contribution in [0.5, 0.6) is 0 Å². The van der Waals surface area contributed by atoms with E-state index in [1.54, 1.807) is 0 Å². The molecule has 3 aromatic rings. The fraction of sp³-hybridized carbons (Fsp3) is 0. The molecule has 10 heteroatoms. The topological polar surface area (TPSA) is 114 Å². The van der Waals surface area contributed by atoms with E-state index >= 15 is 0 Å². The Labute approximate surface area is 113 Å². The van der Waals surface area contributed by atoms with Crippen molar-refractivity contribution in [1.29, 1.82) is 0 Å². The normalized spacial score (nSPS) is 11.0. The van der Waals surface area contributed by atoms with Gasteiger partial charge in [-0.2, -0.15) is 0 Å². The number of rotatable bonds is 2. The van der Waals surface area contributed by atoms with Gasteiger partial charge in [0.25, 0.3) is 5.95 Å². The molecule has 0 saturated heterocycles. The summed E-state index contributed by atoms with van der Waals surface area (Å²) in [6.45, 7) is 0. The second-order valence-electron chi connectivity index (χ2n) is 4.06. The van der Waals surface area contributed by atoms with E-state index in [0.29, 0.717) is 6.07 Å². The highest BCUT2D eigenvalue weighted by Crippen LogP contribution is 2.18. The smallest absolute Gasteiger partial charge is 0.341 e. The van der Waals surface area contributed by atoms with E-state index in [2.05, 4.69) is 20.6 Å². The first-order valence-electron chi connectivity index (χ1n) is 5.51. The van der Waals surface area contributed by atoms with Gasteiger partial charge in [0.2, 0.25) is 5.43 Å². The summed E-state index contributed by atoms with van der Waals surface area (Å²) in [5, 5.41) is 21.2. The predicted octanol–water partition coefficient (Wildman–Crippen LogP) is 0.480. The van der Waals surface area contributed by atoms with Crippen molar-refractivity contribution in [2.45, 2.75) is 0 Å². The zero-order valence-electron chi connectivity index (χ0n) is 10.0. The van der Waals surface area contributed by atoms with Gasteiger partial charge in [0.1, 0.15) is 5.56 Å². The Kier molecular flexibility index (Phi) is 2.71. The number of aromatic carboxylic acids is 1. The summed E-state index contributed by atoms with van der Waals surface area (Å²) in [5.41, 5.74) is -1.62. The minimum Gasteiger partial charge on any atom is -0.477 e. The summed E-state index contributed by atoms with van der Waals surface area (Å²) in [6.07, 6.45) is 0.937. The molecule has 0 amide bonds. The van der Waals surface area contributed by atoms with E-state index in [0.717, 1.165) is 16.8 Å². The molecule has 0 bridgehead atoms. The van der Waals surface area contributed by atoms with E-state index in [1.807, 2.05) is 0 Å². The molecule has 0 unspecified atom stereocenters. The lowest BCUT2D eigenvalue weighted by atomic mass is 10.1. The van der Waals surface area contributed by atoms with E-state index in [-0.39, 0.29) is 16.9 Å². The number of hydrogen-bond donors (Lipinski definition) is 2. The number of fused-ring (bicyclic) bond motifs is 1. The molecule has 0 aliphatic rings. The standard InChI is InChI=1S/C11H5F2N5O3/c12-6-1-4-8(2-7(6)13)18(11-14-16-17-15-11)3-5(9(4)19)10(20)21/h1-3H,(H,20,21)(H,14,15,16,17). The Morgan fingerprint density at radius 1 is 1.29 bits per heavy atom. The first-order chi connectivity index (χ1) is 9.99. The van der Waals surface area contributed by atoms with Crippen LogP contribution in [-0.4, -0.2) is 36.3 Å². The van der Waals surface area contributed by atoms with Crippen LogP contribution >= 0.6 is 0 Å². The van der Waals surface area contributed by atoms with Crippen molar-refractivity contribution >= 4 is 16.9 Å². The van der Waals surface area contributed by atoms with E-state index in [4.69, 9.17) is 5.11 Å². The van der Waals surface area contributed by atoms with Crippen LogP contribution in [0.15, 0.2) is 23.1 Å². The SMILES string of the molecule is O=C(O)c1cn(-c2nnn[nH]2)c2cc(F)c(F)cc2c1=O. The number of carbonyl (C=O) groups is 1. The molecule has 21 heavy (non-hydrogen) atoms. The van der Waals surface area contributed by atoms with Crippen molar-refractivity contribution in [3.63, 3.8) is 0 Å². The molecule has 0 aliphatic carbocycles. The molecule has 0 atom stereocenters. The van der Waals surface area contributed by atoms with E-state index in [9.17, 15) is 18.4 Å². The first kappa shape index (κ1) is 12.8. The van der Waals surface area contributed by atoms with Crippen LogP contribution in [0, 0.1) is 11.6 Å². The minimum absolute atomic E-state index is 0.0477. The maximum atomic E-state index is 13.4. The van der Waals surface area contributed by atoms with Crippen LogP contribution < -0.4 is 5.43 Å². The van der Waals surface area contributed by atoms with Gasteiger partial charge in [-0.15, -0.1) is 0 Å². The lowest BCUT2D eigenvalue weighted by Crippen LogP contribution is -2.19. The summed E-state index contributed by atoms with van der Waals surface area (Å²) in [7, 11) is 0. The third-order valence-corrected chi connectivity index (χ3v) is 2.84. The van der Waals surface area contributed by atoms with Crippen LogP contribution in [0.4, 0.5) is 8.78 Å². The summed E-state index contributed by atoms with van der Waals surface area (Å²) in [5.74, 6) is -4.00. The lowest BCUT2D eigenvalue weighted by molar-refractivity contribution is 0.0695. The van der Waals surface area contributed by atoms with Gasteiger partial charge < -0.3 is 5.11 Å². The van der Waals surface area contributed by atoms with Gasteiger partial charge >= 0.3 is 5.97 Å². The van der Waals surface area contributed by atoms with Crippen LogP contribution in [0.2, 0.25) is 0 Å². The Balaban J connectivity index is 2.51. The van der Waals surface area contributed by atoms with Gasteiger partial charge in [0, 0.05) is 12.3 Å². The molecule has 0 saturated carbocycles. The number of benzene rings is 1. The fourth-order valence-electron chi connectivity index (χ4n) is 1.90. The molecule has 2 N–H and O–H groups in total. The molecule has 0 radical (unpaired) electrons. The highest BCUT2D eigenvalue weighted by atomic mass is 19.2. The number of carboxylic acids is 1. The maximum Gasteiger partial charge on any atom is 0.341 e. The minimum atomic E-state index is -1.51. The van der Waals surface area contributed by atoms with Gasteiger partial charge in [0.15, 0.2) is 11.6 Å². The number of nitrogens with zero attached hydrogens (tertiary/aromatic N) is 4. The van der Waals surface area contributed by atoms with Gasteiger partial charge in [-0.3, -0.25) is 9.36 Å². The Hall–Kier alpha value is -3.17. The molecular weight excluding hydrogens is 288 g/mol. The summed E-state index contributed by atoms with van der Waals surface area (Å²) in [6, 6.07) is 1.40. The largest absolute Gasteiger partial charge is 0.477 e. The second-order valence-corrected chi connectivity index (χ2v) is 4.06. The predicted molar refractivity (Wildman–Crippen MR) is 64.2 cm³/mol. The average Bonchev–Trinajstić information content (AvgIpc) is 2.95. The van der Waals surface area contributed by atoms with Crippen molar-refractivity contribution in [3.05, 3.63) is 45.8 Å². The molecule has 0 fully saturated rings. The highest BCUT2D eigenvalue weighted by Gasteiger charge is 2.18. The van der Waals surface area contributed by atoms with E-state index in [1.165, 1.54) is 0 Å². The molecule has 3 rings (SSSR count). The molecular formula is C11H5F2N5O3. The van der Waals surface area contributed by atoms with Gasteiger partial charge in [-0.05, 0) is 16.5 Å². The molecule has 1 aromatic carbocycles. The number of tetrazole rings is 1. The number of aromatic amines is 1. The van der Waals surface area contributed by atoms with Gasteiger partial charge in [-0.1, -0.05) is 5.10 Å². The molecule has 2 heterocycles. The van der Waals surface area contributed by atoms with Gasteiger partial charge in [-0.25, -0.2) is 18.7 Å². The molecule has 106 valence electrons. The van der Waals surface area contributed by atoms with Crippen molar-refractivity contribution in [2.24, 2.45) is 0 Å². The third kappa shape index (κ3) is 1.93. The zero-order chi connectivity index (χ0) is 15.1. The first-order valence-corrected chi connectivity index (χ1v) is 5.51. The Morgan fingerprint density at radius 3 is 2.62 bits per heavy atom. The molecule has 2 aromatic heterocycles. The zero-order valence-corrected chi connectivity index (χ0v) is 10.0. The van der Waals surface area contributed by atoms with E-state index < -0.39 is 28.6 Å². The summed E-state index contributed by atoms with van der Waals surface area (Å²) < 4.78 is 27.8. The van der Waals surface area contributed by atoms with Crippen molar-refractivity contribution < 1.29 is 18.7 Å². The number of halogens is 2. The number of hydrogen-bond acceptors (Lipinski definition) is 5. The average molecular weight is 293 g/mol. The van der Waals surface area contributed by atoms with Crippen LogP contribution in [0.3, 0.4) is 0 Å².